The number of carboxylic acids is 3. The van der Waals surface area contributed by atoms with Gasteiger partial charge in [-0.2, -0.15) is 0 Å². The Morgan fingerprint density at radius 1 is 0.955 bits per heavy atom. The maximum absolute atomic E-state index is 12.9. The SMILES string of the molecule is CC[C@H](C)C[C@H](C)CCC(=O)O[C@@H]1[C@@H](O)[C@@]2(CCCC(=O)CCc3ccccc3)O[C@H](C(=O)O)[C@@](O)(C(=O)O)[C@]1(C(=O)O)O2. The van der Waals surface area contributed by atoms with Crippen molar-refractivity contribution in [3.8, 4) is 0 Å². The van der Waals surface area contributed by atoms with Gasteiger partial charge in [0.2, 0.25) is 23.1 Å². The summed E-state index contributed by atoms with van der Waals surface area (Å²) in [5, 5.41) is 52.7. The van der Waals surface area contributed by atoms with Gasteiger partial charge in [-0.1, -0.05) is 57.5 Å². The van der Waals surface area contributed by atoms with Crippen LogP contribution in [0.25, 0.3) is 0 Å². The molecule has 0 saturated carbocycles. The molecule has 0 aliphatic carbocycles. The number of carbonyl (C=O) groups is 5. The summed E-state index contributed by atoms with van der Waals surface area (Å²) in [6, 6.07) is 9.23. The maximum Gasteiger partial charge on any atom is 0.344 e. The van der Waals surface area contributed by atoms with E-state index in [1.54, 1.807) is 0 Å². The summed E-state index contributed by atoms with van der Waals surface area (Å²) in [5.74, 6) is -9.83. The Hall–Kier alpha value is -3.39. The Balaban J connectivity index is 1.87. The molecule has 5 N–H and O–H groups in total. The van der Waals surface area contributed by atoms with Gasteiger partial charge in [0.1, 0.15) is 11.9 Å². The van der Waals surface area contributed by atoms with Crippen molar-refractivity contribution in [2.24, 2.45) is 11.8 Å². The minimum atomic E-state index is -3.83. The van der Waals surface area contributed by atoms with E-state index in [0.29, 0.717) is 18.8 Å². The number of benzene rings is 1. The summed E-state index contributed by atoms with van der Waals surface area (Å²) in [6.45, 7) is 6.01. The number of rotatable bonds is 17. The van der Waals surface area contributed by atoms with Gasteiger partial charge in [-0.25, -0.2) is 14.4 Å². The third-order valence-corrected chi connectivity index (χ3v) is 8.72. The van der Waals surface area contributed by atoms with Crippen LogP contribution in [-0.2, 0) is 44.6 Å². The number of aliphatic hydroxyl groups is 2. The first-order chi connectivity index (χ1) is 20.6. The van der Waals surface area contributed by atoms with Gasteiger partial charge in [0.25, 0.3) is 0 Å². The summed E-state index contributed by atoms with van der Waals surface area (Å²) < 4.78 is 16.3. The molecule has 2 aliphatic rings. The van der Waals surface area contributed by atoms with Crippen molar-refractivity contribution in [1.29, 1.82) is 0 Å². The summed E-state index contributed by atoms with van der Waals surface area (Å²) in [7, 11) is 0. The monoisotopic (exact) mass is 622 g/mol. The number of aliphatic carboxylic acids is 3. The molecule has 0 amide bonds. The average molecular weight is 623 g/mol. The van der Waals surface area contributed by atoms with E-state index in [-0.39, 0.29) is 37.4 Å². The zero-order chi connectivity index (χ0) is 32.9. The highest BCUT2D eigenvalue weighted by atomic mass is 16.8. The van der Waals surface area contributed by atoms with Crippen molar-refractivity contribution < 1.29 is 63.7 Å². The third-order valence-electron chi connectivity index (χ3n) is 8.72. The lowest BCUT2D eigenvalue weighted by atomic mass is 9.74. The van der Waals surface area contributed by atoms with Crippen molar-refractivity contribution in [1.82, 2.24) is 0 Å². The molecule has 2 bridgehead atoms. The van der Waals surface area contributed by atoms with Crippen LogP contribution < -0.4 is 0 Å². The number of aryl methyl sites for hydroxylation is 1. The van der Waals surface area contributed by atoms with Crippen molar-refractivity contribution in [3.05, 3.63) is 35.9 Å². The molecule has 1 aromatic rings. The van der Waals surface area contributed by atoms with Crippen LogP contribution in [0.2, 0.25) is 0 Å². The van der Waals surface area contributed by atoms with E-state index in [0.717, 1.165) is 18.4 Å². The number of Topliss-reactive ketones (excluding diaryl/α,β-unsaturated/α-hetero) is 1. The number of ketones is 1. The third kappa shape index (κ3) is 6.80. The first-order valence-corrected chi connectivity index (χ1v) is 14.9. The van der Waals surface area contributed by atoms with E-state index in [1.807, 2.05) is 44.2 Å². The van der Waals surface area contributed by atoms with Crippen LogP contribution in [0.5, 0.6) is 0 Å². The van der Waals surface area contributed by atoms with Gasteiger partial charge >= 0.3 is 23.9 Å². The molecule has 0 radical (unpaired) electrons. The number of aliphatic hydroxyl groups excluding tert-OH is 1. The lowest BCUT2D eigenvalue weighted by Crippen LogP contribution is -2.78. The van der Waals surface area contributed by atoms with Crippen molar-refractivity contribution in [3.63, 3.8) is 0 Å². The Labute approximate surface area is 255 Å². The minimum absolute atomic E-state index is 0.0800. The van der Waals surface area contributed by atoms with Crippen LogP contribution in [0.1, 0.15) is 77.7 Å². The molecular formula is C31H42O13. The fourth-order valence-corrected chi connectivity index (χ4v) is 6.07. The number of ether oxygens (including phenoxy) is 3. The molecule has 13 heteroatoms. The Morgan fingerprint density at radius 2 is 1.61 bits per heavy atom. The minimum Gasteiger partial charge on any atom is -0.479 e. The Morgan fingerprint density at radius 3 is 2.18 bits per heavy atom. The molecule has 0 unspecified atom stereocenters. The first kappa shape index (κ1) is 35.1. The fraction of sp³-hybridized carbons (Fsp3) is 0.645. The molecule has 2 aliphatic heterocycles. The van der Waals surface area contributed by atoms with Gasteiger partial charge in [-0.05, 0) is 43.1 Å². The summed E-state index contributed by atoms with van der Waals surface area (Å²) in [5.41, 5.74) is -6.35. The molecule has 0 spiro atoms. The summed E-state index contributed by atoms with van der Waals surface area (Å²) in [6.07, 6.45) is -5.51. The first-order valence-electron chi connectivity index (χ1n) is 14.9. The maximum atomic E-state index is 12.9. The highest BCUT2D eigenvalue weighted by Gasteiger charge is 2.85. The van der Waals surface area contributed by atoms with Gasteiger partial charge in [0, 0.05) is 25.7 Å². The predicted molar refractivity (Wildman–Crippen MR) is 151 cm³/mol. The van der Waals surface area contributed by atoms with Crippen LogP contribution in [0.3, 0.4) is 0 Å². The molecule has 8 atom stereocenters. The number of carbonyl (C=O) groups excluding carboxylic acids is 2. The van der Waals surface area contributed by atoms with E-state index in [1.165, 1.54) is 0 Å². The smallest absolute Gasteiger partial charge is 0.344 e. The summed E-state index contributed by atoms with van der Waals surface area (Å²) >= 11 is 0. The topological polar surface area (TPSA) is 214 Å². The standard InChI is InChI=1S/C31H42O13/c1-4-18(2)17-19(3)12-15-22(33)42-24-23(34)29(16-8-11-21(32)14-13-20-9-6-5-7-10-20)43-25(26(35)36)30(41,27(37)38)31(24,44-29)28(39)40/h5-7,9-10,18-19,23-25,34,41H,4,8,11-17H2,1-3H3,(H,35,36)(H,37,38)(H,39,40)/t18-,19+,23+,24+,25+,29-,30+,31-/m0/s1. The van der Waals surface area contributed by atoms with Crippen LogP contribution in [-0.4, -0.2) is 90.5 Å². The molecule has 244 valence electrons. The number of esters is 1. The van der Waals surface area contributed by atoms with Gasteiger partial charge < -0.3 is 39.7 Å². The number of hydrogen-bond acceptors (Lipinski definition) is 10. The van der Waals surface area contributed by atoms with Crippen LogP contribution in [0, 0.1) is 11.8 Å². The molecule has 3 rings (SSSR count). The van der Waals surface area contributed by atoms with Crippen molar-refractivity contribution in [2.45, 2.75) is 114 Å². The molecular weight excluding hydrogens is 580 g/mol. The molecule has 1 aromatic carbocycles. The lowest BCUT2D eigenvalue weighted by Gasteiger charge is -2.48. The second-order valence-electron chi connectivity index (χ2n) is 12.0. The van der Waals surface area contributed by atoms with E-state index in [9.17, 15) is 49.5 Å². The van der Waals surface area contributed by atoms with E-state index >= 15 is 0 Å². The average Bonchev–Trinajstić information content (AvgIpc) is 3.18. The Kier molecular flexibility index (Phi) is 11.3. The van der Waals surface area contributed by atoms with Crippen molar-refractivity contribution in [2.75, 3.05) is 0 Å². The van der Waals surface area contributed by atoms with Crippen molar-refractivity contribution >= 4 is 29.7 Å². The molecule has 0 aromatic heterocycles. The highest BCUT2D eigenvalue weighted by molar-refractivity contribution is 5.98. The fourth-order valence-electron chi connectivity index (χ4n) is 6.07. The predicted octanol–water partition coefficient (Wildman–Crippen LogP) is 2.33. The normalized spacial score (nSPS) is 30.7. The molecule has 13 nitrogen and oxygen atoms in total. The van der Waals surface area contributed by atoms with Gasteiger partial charge in [0.05, 0.1) is 0 Å². The second kappa shape index (κ2) is 14.1. The van der Waals surface area contributed by atoms with Gasteiger partial charge in [-0.15, -0.1) is 0 Å². The Bertz CT molecular complexity index is 1220. The van der Waals surface area contributed by atoms with E-state index in [2.05, 4.69) is 6.92 Å². The van der Waals surface area contributed by atoms with Gasteiger partial charge in [-0.3, -0.25) is 9.59 Å². The van der Waals surface area contributed by atoms with Gasteiger partial charge in [0.15, 0.2) is 6.10 Å². The zero-order valence-electron chi connectivity index (χ0n) is 25.1. The molecule has 2 saturated heterocycles. The second-order valence-corrected chi connectivity index (χ2v) is 12.0. The molecule has 2 fully saturated rings. The number of hydrogen-bond donors (Lipinski definition) is 5. The molecule has 2 heterocycles. The molecule has 44 heavy (non-hydrogen) atoms. The largest absolute Gasteiger partial charge is 0.479 e. The summed E-state index contributed by atoms with van der Waals surface area (Å²) in [4.78, 5) is 62.8. The van der Waals surface area contributed by atoms with Crippen LogP contribution >= 0.6 is 0 Å². The number of carboxylic acid groups (broad SMARTS) is 3. The number of fused-ring (bicyclic) bond motifs is 2. The van der Waals surface area contributed by atoms with Crippen LogP contribution in [0.15, 0.2) is 30.3 Å². The van der Waals surface area contributed by atoms with Crippen LogP contribution in [0.4, 0.5) is 0 Å². The quantitative estimate of drug-likeness (QED) is 0.158. The van der Waals surface area contributed by atoms with E-state index in [4.69, 9.17) is 14.2 Å². The zero-order valence-corrected chi connectivity index (χ0v) is 25.1. The van der Waals surface area contributed by atoms with E-state index < -0.39 is 65.6 Å². The highest BCUT2D eigenvalue weighted by Crippen LogP contribution is 2.55. The lowest BCUT2D eigenvalue weighted by molar-refractivity contribution is -0.374.